The predicted molar refractivity (Wildman–Crippen MR) is 69.7 cm³/mol. The lowest BCUT2D eigenvalue weighted by Crippen LogP contribution is -2.37. The lowest BCUT2D eigenvalue weighted by molar-refractivity contribution is 0.0793. The largest absolute Gasteiger partial charge is 0.293 e. The van der Waals surface area contributed by atoms with Crippen LogP contribution in [-0.4, -0.2) is 11.6 Å². The lowest BCUT2D eigenvalue weighted by Gasteiger charge is -2.32. The van der Waals surface area contributed by atoms with Gasteiger partial charge < -0.3 is 0 Å². The summed E-state index contributed by atoms with van der Waals surface area (Å²) in [5.41, 5.74) is 3.08. The number of rotatable bonds is 0. The first-order valence-electron chi connectivity index (χ1n) is 6.14. The van der Waals surface area contributed by atoms with Crippen LogP contribution in [0.25, 0.3) is 0 Å². The number of aryl methyl sites for hydroxylation is 1. The number of benzene rings is 1. The molecule has 0 aromatic heterocycles. The van der Waals surface area contributed by atoms with Gasteiger partial charge in [0.25, 0.3) is 0 Å². The molecule has 2 unspecified atom stereocenters. The number of hydrogen-bond acceptors (Lipinski definition) is 2. The molecule has 0 heterocycles. The van der Waals surface area contributed by atoms with Crippen LogP contribution in [0.5, 0.6) is 0 Å². The van der Waals surface area contributed by atoms with Gasteiger partial charge in [-0.3, -0.25) is 9.59 Å². The highest BCUT2D eigenvalue weighted by Gasteiger charge is 2.42. The Kier molecular flexibility index (Phi) is 2.34. The summed E-state index contributed by atoms with van der Waals surface area (Å²) in [5.74, 6) is -0.444. The van der Waals surface area contributed by atoms with Crippen LogP contribution in [-0.2, 0) is 0 Å². The van der Waals surface area contributed by atoms with Crippen LogP contribution in [0.4, 0.5) is 0 Å². The molecule has 1 aromatic rings. The zero-order valence-electron chi connectivity index (χ0n) is 10.4. The highest BCUT2D eigenvalue weighted by molar-refractivity contribution is 6.18. The van der Waals surface area contributed by atoms with Gasteiger partial charge >= 0.3 is 0 Å². The molecular weight excluding hydrogens is 224 g/mol. The first-order chi connectivity index (χ1) is 8.61. The van der Waals surface area contributed by atoms with Gasteiger partial charge in [-0.15, -0.1) is 0 Å². The quantitative estimate of drug-likeness (QED) is 0.696. The number of allylic oxidation sites excluding steroid dienone is 4. The number of ketones is 2. The first kappa shape index (κ1) is 11.1. The molecular formula is C16H14O2. The van der Waals surface area contributed by atoms with Gasteiger partial charge in [0.05, 0.1) is 11.8 Å². The topological polar surface area (TPSA) is 34.1 Å². The standard InChI is InChI=1S/C16H14O2/c1-9-5-3-7-11-13(9)16(18)14-10(2)6-4-8-12(14)15(11)17/h3-8,11,13H,1-2H3. The van der Waals surface area contributed by atoms with Crippen molar-refractivity contribution in [2.75, 3.05) is 0 Å². The number of hydrogen-bond donors (Lipinski definition) is 0. The van der Waals surface area contributed by atoms with E-state index in [4.69, 9.17) is 0 Å². The van der Waals surface area contributed by atoms with Gasteiger partial charge in [0.15, 0.2) is 11.6 Å². The van der Waals surface area contributed by atoms with E-state index in [1.165, 1.54) is 0 Å². The molecule has 3 rings (SSSR count). The van der Waals surface area contributed by atoms with Crippen LogP contribution >= 0.6 is 0 Å². The maximum Gasteiger partial charge on any atom is 0.172 e. The molecule has 2 heteroatoms. The minimum absolute atomic E-state index is 0.0713. The van der Waals surface area contributed by atoms with E-state index in [-0.39, 0.29) is 23.4 Å². The van der Waals surface area contributed by atoms with E-state index in [1.807, 2.05) is 44.2 Å². The van der Waals surface area contributed by atoms with Gasteiger partial charge in [0.1, 0.15) is 0 Å². The van der Waals surface area contributed by atoms with Crippen LogP contribution in [0, 0.1) is 18.8 Å². The SMILES string of the molecule is CC1=CC=CC2C(=O)c3cccc(C)c3C(=O)C12. The molecule has 2 nitrogen and oxygen atoms in total. The van der Waals surface area contributed by atoms with Crippen LogP contribution in [0.1, 0.15) is 33.2 Å². The first-order valence-corrected chi connectivity index (χ1v) is 6.14. The Morgan fingerprint density at radius 1 is 1.06 bits per heavy atom. The molecule has 1 aromatic carbocycles. The summed E-state index contributed by atoms with van der Waals surface area (Å²) in [6.45, 7) is 3.82. The Morgan fingerprint density at radius 3 is 2.61 bits per heavy atom. The van der Waals surface area contributed by atoms with Crippen molar-refractivity contribution in [1.29, 1.82) is 0 Å². The minimum atomic E-state index is -0.309. The number of Topliss-reactive ketones (excluding diaryl/α,β-unsaturated/α-hetero) is 2. The summed E-state index contributed by atoms with van der Waals surface area (Å²) >= 11 is 0. The van der Waals surface area contributed by atoms with Gasteiger partial charge in [-0.25, -0.2) is 0 Å². The van der Waals surface area contributed by atoms with Gasteiger partial charge in [0.2, 0.25) is 0 Å². The average molecular weight is 238 g/mol. The van der Waals surface area contributed by atoms with Crippen molar-refractivity contribution in [2.45, 2.75) is 13.8 Å². The van der Waals surface area contributed by atoms with Crippen molar-refractivity contribution in [2.24, 2.45) is 11.8 Å². The molecule has 0 saturated heterocycles. The molecule has 0 N–H and O–H groups in total. The van der Waals surface area contributed by atoms with E-state index in [2.05, 4.69) is 0 Å². The summed E-state index contributed by atoms with van der Waals surface area (Å²) in [6.07, 6.45) is 5.65. The monoisotopic (exact) mass is 238 g/mol. The molecule has 2 atom stereocenters. The maximum absolute atomic E-state index is 12.6. The van der Waals surface area contributed by atoms with Crippen molar-refractivity contribution in [3.05, 3.63) is 58.7 Å². The van der Waals surface area contributed by atoms with Crippen molar-refractivity contribution >= 4 is 11.6 Å². The van der Waals surface area contributed by atoms with Crippen molar-refractivity contribution < 1.29 is 9.59 Å². The molecule has 2 aliphatic rings. The van der Waals surface area contributed by atoms with E-state index in [0.29, 0.717) is 11.1 Å². The molecule has 0 fully saturated rings. The second kappa shape index (κ2) is 3.77. The minimum Gasteiger partial charge on any atom is -0.293 e. The second-order valence-corrected chi connectivity index (χ2v) is 5.03. The molecule has 0 radical (unpaired) electrons. The van der Waals surface area contributed by atoms with Crippen LogP contribution in [0.3, 0.4) is 0 Å². The molecule has 0 spiro atoms. The Hall–Kier alpha value is -1.96. The van der Waals surface area contributed by atoms with Crippen molar-refractivity contribution in [3.63, 3.8) is 0 Å². The van der Waals surface area contributed by atoms with Gasteiger partial charge in [-0.1, -0.05) is 42.0 Å². The molecule has 18 heavy (non-hydrogen) atoms. The third-order valence-corrected chi connectivity index (χ3v) is 3.90. The van der Waals surface area contributed by atoms with E-state index in [9.17, 15) is 9.59 Å². The molecule has 0 saturated carbocycles. The zero-order chi connectivity index (χ0) is 12.9. The zero-order valence-corrected chi connectivity index (χ0v) is 10.4. The third-order valence-electron chi connectivity index (χ3n) is 3.90. The van der Waals surface area contributed by atoms with Crippen LogP contribution in [0.15, 0.2) is 42.0 Å². The van der Waals surface area contributed by atoms with Crippen LogP contribution in [0.2, 0.25) is 0 Å². The van der Waals surface area contributed by atoms with E-state index >= 15 is 0 Å². The van der Waals surface area contributed by atoms with Gasteiger partial charge in [-0.2, -0.15) is 0 Å². The van der Waals surface area contributed by atoms with E-state index in [1.54, 1.807) is 6.07 Å². The highest BCUT2D eigenvalue weighted by atomic mass is 16.1. The Balaban J connectivity index is 2.26. The number of fused-ring (bicyclic) bond motifs is 2. The smallest absolute Gasteiger partial charge is 0.172 e. The number of carbonyl (C=O) groups excluding carboxylic acids is 2. The Bertz CT molecular complexity index is 620. The Morgan fingerprint density at radius 2 is 1.83 bits per heavy atom. The highest BCUT2D eigenvalue weighted by Crippen LogP contribution is 2.38. The molecule has 2 aliphatic carbocycles. The normalized spacial score (nSPS) is 25.6. The summed E-state index contributed by atoms with van der Waals surface area (Å²) in [7, 11) is 0. The molecule has 0 amide bonds. The lowest BCUT2D eigenvalue weighted by atomic mass is 9.68. The fraction of sp³-hybridized carbons (Fsp3) is 0.250. The summed E-state index contributed by atoms with van der Waals surface area (Å²) < 4.78 is 0. The summed E-state index contributed by atoms with van der Waals surface area (Å²) in [6, 6.07) is 5.50. The summed E-state index contributed by atoms with van der Waals surface area (Å²) in [5, 5.41) is 0. The van der Waals surface area contributed by atoms with Gasteiger partial charge in [0, 0.05) is 11.1 Å². The molecule has 90 valence electrons. The fourth-order valence-electron chi connectivity index (χ4n) is 2.97. The predicted octanol–water partition coefficient (Wildman–Crippen LogP) is 3.12. The summed E-state index contributed by atoms with van der Waals surface area (Å²) in [4.78, 5) is 25.1. The van der Waals surface area contributed by atoms with E-state index < -0.39 is 0 Å². The van der Waals surface area contributed by atoms with Crippen molar-refractivity contribution in [1.82, 2.24) is 0 Å². The van der Waals surface area contributed by atoms with Crippen LogP contribution < -0.4 is 0 Å². The van der Waals surface area contributed by atoms with E-state index in [0.717, 1.165) is 11.1 Å². The van der Waals surface area contributed by atoms with Gasteiger partial charge in [-0.05, 0) is 19.4 Å². The number of carbonyl (C=O) groups is 2. The average Bonchev–Trinajstić information content (AvgIpc) is 2.35. The third kappa shape index (κ3) is 1.35. The fourth-order valence-corrected chi connectivity index (χ4v) is 2.97. The maximum atomic E-state index is 12.6. The molecule has 0 aliphatic heterocycles. The second-order valence-electron chi connectivity index (χ2n) is 5.03. The Labute approximate surface area is 106 Å². The molecule has 0 bridgehead atoms. The van der Waals surface area contributed by atoms with Crippen molar-refractivity contribution in [3.8, 4) is 0 Å².